The van der Waals surface area contributed by atoms with Crippen molar-refractivity contribution in [1.29, 1.82) is 0 Å². The Balaban J connectivity index is 1.48. The predicted molar refractivity (Wildman–Crippen MR) is 105 cm³/mol. The van der Waals surface area contributed by atoms with E-state index < -0.39 is 15.1 Å². The molecule has 2 aromatic carbocycles. The molecule has 0 saturated carbocycles. The Morgan fingerprint density at radius 1 is 1.00 bits per heavy atom. The van der Waals surface area contributed by atoms with E-state index >= 15 is 0 Å². The Bertz CT molecular complexity index is 1130. The fraction of sp³-hybridized carbons (Fsp3) is 0.227. The van der Waals surface area contributed by atoms with Crippen molar-refractivity contribution >= 4 is 9.84 Å². The van der Waals surface area contributed by atoms with Crippen LogP contribution >= 0.6 is 0 Å². The quantitative estimate of drug-likeness (QED) is 0.681. The zero-order valence-corrected chi connectivity index (χ0v) is 15.9. The van der Waals surface area contributed by atoms with Crippen molar-refractivity contribution in [1.82, 2.24) is 9.88 Å². The molecule has 0 amide bonds. The number of fused-ring (bicyclic) bond motifs is 3. The van der Waals surface area contributed by atoms with E-state index in [0.29, 0.717) is 24.5 Å². The zero-order chi connectivity index (χ0) is 19.3. The average molecular weight is 394 g/mol. The molecule has 2 unspecified atom stereocenters. The van der Waals surface area contributed by atoms with Gasteiger partial charge in [-0.2, -0.15) is 0 Å². The number of likely N-dealkylation sites (tertiary alicyclic amines) is 1. The van der Waals surface area contributed by atoms with Gasteiger partial charge < -0.3 is 0 Å². The fourth-order valence-electron chi connectivity index (χ4n) is 4.40. The lowest BCUT2D eigenvalue weighted by Gasteiger charge is -2.17. The van der Waals surface area contributed by atoms with Gasteiger partial charge in [0.15, 0.2) is 9.84 Å². The summed E-state index contributed by atoms with van der Waals surface area (Å²) in [6.45, 7) is 1.86. The number of sulfone groups is 1. The molecule has 3 aromatic rings. The molecule has 28 heavy (non-hydrogen) atoms. The second-order valence-electron chi connectivity index (χ2n) is 7.46. The highest BCUT2D eigenvalue weighted by Gasteiger charge is 2.50. The topological polar surface area (TPSA) is 50.3 Å². The molecule has 0 radical (unpaired) electrons. The Morgan fingerprint density at radius 3 is 2.54 bits per heavy atom. The van der Waals surface area contributed by atoms with Crippen LogP contribution in [0.3, 0.4) is 0 Å². The van der Waals surface area contributed by atoms with Crippen molar-refractivity contribution in [2.24, 2.45) is 0 Å². The number of hydrogen-bond acceptors (Lipinski definition) is 4. The summed E-state index contributed by atoms with van der Waals surface area (Å²) in [5.41, 5.74) is 3.63. The Labute approximate surface area is 163 Å². The van der Waals surface area contributed by atoms with Crippen molar-refractivity contribution in [3.8, 4) is 11.1 Å². The lowest BCUT2D eigenvalue weighted by molar-refractivity contribution is 0.321. The zero-order valence-electron chi connectivity index (χ0n) is 15.1. The van der Waals surface area contributed by atoms with Gasteiger partial charge in [-0.3, -0.25) is 9.88 Å². The molecule has 1 aromatic heterocycles. The van der Waals surface area contributed by atoms with Gasteiger partial charge in [0, 0.05) is 31.7 Å². The number of nitrogens with zero attached hydrogens (tertiary/aromatic N) is 2. The van der Waals surface area contributed by atoms with Crippen LogP contribution in [0.15, 0.2) is 71.8 Å². The maximum atomic E-state index is 13.2. The van der Waals surface area contributed by atoms with Gasteiger partial charge in [-0.1, -0.05) is 24.3 Å². The van der Waals surface area contributed by atoms with Crippen molar-refractivity contribution in [2.75, 3.05) is 13.1 Å². The van der Waals surface area contributed by atoms with E-state index in [1.54, 1.807) is 24.4 Å². The normalized spacial score (nSPS) is 22.8. The molecular weight excluding hydrogens is 375 g/mol. The van der Waals surface area contributed by atoms with Crippen LogP contribution in [-0.2, 0) is 16.4 Å². The lowest BCUT2D eigenvalue weighted by atomic mass is 9.94. The smallest absolute Gasteiger partial charge is 0.183 e. The molecule has 2 aliphatic heterocycles. The minimum atomic E-state index is -3.34. The number of pyridine rings is 1. The molecule has 1 fully saturated rings. The maximum absolute atomic E-state index is 13.2. The minimum absolute atomic E-state index is 0.0379. The van der Waals surface area contributed by atoms with Crippen molar-refractivity contribution in [3.63, 3.8) is 0 Å². The van der Waals surface area contributed by atoms with Crippen LogP contribution in [0.2, 0.25) is 0 Å². The van der Waals surface area contributed by atoms with Crippen LogP contribution in [0.1, 0.15) is 17.2 Å². The average Bonchev–Trinajstić information content (AvgIpc) is 3.21. The molecule has 4 nitrogen and oxygen atoms in total. The van der Waals surface area contributed by atoms with Crippen molar-refractivity contribution in [2.45, 2.75) is 22.6 Å². The van der Waals surface area contributed by atoms with Crippen molar-refractivity contribution in [3.05, 3.63) is 83.9 Å². The lowest BCUT2D eigenvalue weighted by Crippen LogP contribution is -2.26. The number of hydrogen-bond donors (Lipinski definition) is 0. The van der Waals surface area contributed by atoms with Crippen molar-refractivity contribution < 1.29 is 12.8 Å². The molecule has 3 heterocycles. The van der Waals surface area contributed by atoms with E-state index in [9.17, 15) is 12.8 Å². The first-order valence-corrected chi connectivity index (χ1v) is 10.8. The summed E-state index contributed by atoms with van der Waals surface area (Å²) >= 11 is 0. The van der Waals surface area contributed by atoms with Gasteiger partial charge in [0.1, 0.15) is 5.82 Å². The first kappa shape index (κ1) is 17.5. The highest BCUT2D eigenvalue weighted by atomic mass is 32.2. The number of aromatic nitrogens is 1. The third kappa shape index (κ3) is 2.84. The minimum Gasteiger partial charge on any atom is -0.296 e. The Kier molecular flexibility index (Phi) is 4.07. The Morgan fingerprint density at radius 2 is 1.79 bits per heavy atom. The molecule has 0 aliphatic carbocycles. The van der Waals surface area contributed by atoms with E-state index in [0.717, 1.165) is 22.4 Å². The first-order chi connectivity index (χ1) is 13.5. The summed E-state index contributed by atoms with van der Waals surface area (Å²) < 4.78 is 39.4. The van der Waals surface area contributed by atoms with E-state index in [2.05, 4.69) is 9.88 Å². The van der Waals surface area contributed by atoms with Crippen LogP contribution in [0, 0.1) is 5.82 Å². The van der Waals surface area contributed by atoms with Gasteiger partial charge in [-0.15, -0.1) is 0 Å². The standard InChI is InChI=1S/C22H19FN2O2S/c23-17-7-4-15(5-8-17)16-6-9-21-19(11-16)20-13-25(14-22(20)28(21,26)27)12-18-3-1-2-10-24-18/h1-11,20,22H,12-14H2. The second-order valence-corrected chi connectivity index (χ2v) is 9.60. The highest BCUT2D eigenvalue weighted by Crippen LogP contribution is 2.46. The molecule has 5 rings (SSSR count). The molecule has 0 spiro atoms. The number of halogens is 1. The summed E-state index contributed by atoms with van der Waals surface area (Å²) in [5, 5.41) is -0.408. The molecule has 0 bridgehead atoms. The maximum Gasteiger partial charge on any atom is 0.183 e. The van der Waals surface area contributed by atoms with E-state index in [1.165, 1.54) is 12.1 Å². The van der Waals surface area contributed by atoms with E-state index in [1.807, 2.05) is 30.3 Å². The fourth-order valence-corrected chi connectivity index (χ4v) is 6.59. The molecule has 2 aliphatic rings. The van der Waals surface area contributed by atoms with E-state index in [4.69, 9.17) is 0 Å². The molecule has 142 valence electrons. The monoisotopic (exact) mass is 394 g/mol. The summed E-state index contributed by atoms with van der Waals surface area (Å²) in [6.07, 6.45) is 1.76. The van der Waals surface area contributed by atoms with Crippen LogP contribution in [0.5, 0.6) is 0 Å². The van der Waals surface area contributed by atoms with Gasteiger partial charge in [0.2, 0.25) is 0 Å². The second kappa shape index (κ2) is 6.50. The molecule has 6 heteroatoms. The van der Waals surface area contributed by atoms with Crippen LogP contribution in [-0.4, -0.2) is 36.6 Å². The van der Waals surface area contributed by atoms with Gasteiger partial charge in [-0.25, -0.2) is 12.8 Å². The summed E-state index contributed by atoms with van der Waals surface area (Å²) in [6, 6.07) is 17.6. The van der Waals surface area contributed by atoms with Crippen LogP contribution < -0.4 is 0 Å². The summed E-state index contributed by atoms with van der Waals surface area (Å²) in [4.78, 5) is 6.98. The number of benzene rings is 2. The van der Waals surface area contributed by atoms with Gasteiger partial charge in [0.05, 0.1) is 15.8 Å². The Hall–Kier alpha value is -2.57. The molecule has 2 atom stereocenters. The van der Waals surface area contributed by atoms with Crippen LogP contribution in [0.25, 0.3) is 11.1 Å². The molecule has 1 saturated heterocycles. The molecule has 0 N–H and O–H groups in total. The number of rotatable bonds is 3. The van der Waals surface area contributed by atoms with Gasteiger partial charge in [-0.05, 0) is 53.1 Å². The predicted octanol–water partition coefficient (Wildman–Crippen LogP) is 3.64. The largest absolute Gasteiger partial charge is 0.296 e. The van der Waals surface area contributed by atoms with Crippen LogP contribution in [0.4, 0.5) is 4.39 Å². The van der Waals surface area contributed by atoms with E-state index in [-0.39, 0.29) is 11.7 Å². The van der Waals surface area contributed by atoms with Gasteiger partial charge >= 0.3 is 0 Å². The SMILES string of the molecule is O=S1(=O)c2ccc(-c3ccc(F)cc3)cc2C2CN(Cc3ccccn3)CC21. The summed E-state index contributed by atoms with van der Waals surface area (Å²) in [5.74, 6) is -0.322. The first-order valence-electron chi connectivity index (χ1n) is 9.28. The third-order valence-electron chi connectivity index (χ3n) is 5.75. The third-order valence-corrected chi connectivity index (χ3v) is 8.01. The molecular formula is C22H19FN2O2S. The summed E-state index contributed by atoms with van der Waals surface area (Å²) in [7, 11) is -3.34. The highest BCUT2D eigenvalue weighted by molar-refractivity contribution is 7.92. The van der Waals surface area contributed by atoms with Gasteiger partial charge in [0.25, 0.3) is 0 Å².